The van der Waals surface area contributed by atoms with Gasteiger partial charge in [0.2, 0.25) is 0 Å². The predicted octanol–water partition coefficient (Wildman–Crippen LogP) is 1.78. The van der Waals surface area contributed by atoms with E-state index in [0.717, 1.165) is 12.8 Å². The van der Waals surface area contributed by atoms with Gasteiger partial charge in [-0.1, -0.05) is 25.7 Å². The van der Waals surface area contributed by atoms with Gasteiger partial charge in [0, 0.05) is 12.1 Å². The molecule has 1 aliphatic carbocycles. The molecule has 2 atom stereocenters. The van der Waals surface area contributed by atoms with E-state index >= 15 is 0 Å². The zero-order valence-corrected chi connectivity index (χ0v) is 7.97. The molecule has 2 unspecified atom stereocenters. The van der Waals surface area contributed by atoms with Crippen LogP contribution in [0.3, 0.4) is 0 Å². The molecule has 1 fully saturated rings. The second-order valence-electron chi connectivity index (χ2n) is 4.09. The Morgan fingerprint density at radius 1 is 0.583 bits per heavy atom. The van der Waals surface area contributed by atoms with Crippen LogP contribution in [0.4, 0.5) is 0 Å². The lowest BCUT2D eigenvalue weighted by Crippen LogP contribution is -2.26. The molecule has 0 spiro atoms. The molecule has 0 aliphatic heterocycles. The molecule has 72 valence electrons. The first-order valence-electron chi connectivity index (χ1n) is 5.30. The van der Waals surface area contributed by atoms with Gasteiger partial charge in [-0.3, -0.25) is 0 Å². The van der Waals surface area contributed by atoms with Crippen LogP contribution in [0.1, 0.15) is 51.4 Å². The molecule has 0 aromatic rings. The fourth-order valence-electron chi connectivity index (χ4n) is 1.88. The van der Waals surface area contributed by atoms with Crippen molar-refractivity contribution in [1.82, 2.24) is 0 Å². The topological polar surface area (TPSA) is 52.0 Å². The SMILES string of the molecule is NC1CCCCCCC(N)CC1. The maximum absolute atomic E-state index is 5.93. The Balaban J connectivity index is 2.23. The smallest absolute Gasteiger partial charge is 0.00394 e. The van der Waals surface area contributed by atoms with E-state index in [4.69, 9.17) is 11.5 Å². The van der Waals surface area contributed by atoms with Gasteiger partial charge in [0.05, 0.1) is 0 Å². The molecule has 2 heteroatoms. The van der Waals surface area contributed by atoms with Gasteiger partial charge in [-0.05, 0) is 25.7 Å². The van der Waals surface area contributed by atoms with Gasteiger partial charge >= 0.3 is 0 Å². The standard InChI is InChI=1S/C10H22N2/c11-9-5-3-1-2-4-6-10(12)8-7-9/h9-10H,1-8,11-12H2. The van der Waals surface area contributed by atoms with Crippen molar-refractivity contribution in [2.45, 2.75) is 63.5 Å². The van der Waals surface area contributed by atoms with Gasteiger partial charge in [0.1, 0.15) is 0 Å². The summed E-state index contributed by atoms with van der Waals surface area (Å²) < 4.78 is 0. The molecular formula is C10H22N2. The van der Waals surface area contributed by atoms with Crippen molar-refractivity contribution < 1.29 is 0 Å². The highest BCUT2D eigenvalue weighted by molar-refractivity contribution is 4.69. The van der Waals surface area contributed by atoms with E-state index in [2.05, 4.69) is 0 Å². The van der Waals surface area contributed by atoms with Crippen LogP contribution in [0.15, 0.2) is 0 Å². The number of nitrogens with two attached hydrogens (primary N) is 2. The summed E-state index contributed by atoms with van der Waals surface area (Å²) in [5, 5.41) is 0. The summed E-state index contributed by atoms with van der Waals surface area (Å²) in [6.07, 6.45) is 9.98. The fraction of sp³-hybridized carbons (Fsp3) is 1.00. The summed E-state index contributed by atoms with van der Waals surface area (Å²) in [4.78, 5) is 0. The third kappa shape index (κ3) is 4.07. The predicted molar refractivity (Wildman–Crippen MR) is 52.9 cm³/mol. The highest BCUT2D eigenvalue weighted by Crippen LogP contribution is 2.15. The van der Waals surface area contributed by atoms with Crippen molar-refractivity contribution in [3.05, 3.63) is 0 Å². The van der Waals surface area contributed by atoms with Crippen LogP contribution in [0.2, 0.25) is 0 Å². The average Bonchev–Trinajstić information content (AvgIpc) is 2.07. The van der Waals surface area contributed by atoms with Crippen molar-refractivity contribution >= 4 is 0 Å². The largest absolute Gasteiger partial charge is 0.328 e. The van der Waals surface area contributed by atoms with Crippen LogP contribution in [0, 0.1) is 0 Å². The highest BCUT2D eigenvalue weighted by Gasteiger charge is 2.09. The summed E-state index contributed by atoms with van der Waals surface area (Å²) in [5.41, 5.74) is 11.9. The molecule has 2 nitrogen and oxygen atoms in total. The Morgan fingerprint density at radius 2 is 1.00 bits per heavy atom. The van der Waals surface area contributed by atoms with Gasteiger partial charge in [0.25, 0.3) is 0 Å². The van der Waals surface area contributed by atoms with Crippen LogP contribution < -0.4 is 11.5 Å². The lowest BCUT2D eigenvalue weighted by molar-refractivity contribution is 0.428. The zero-order valence-electron chi connectivity index (χ0n) is 7.97. The second kappa shape index (κ2) is 5.55. The Hall–Kier alpha value is -0.0800. The van der Waals surface area contributed by atoms with E-state index in [0.29, 0.717) is 12.1 Å². The first kappa shape index (κ1) is 10.0. The molecule has 1 aliphatic rings. The number of rotatable bonds is 0. The third-order valence-corrected chi connectivity index (χ3v) is 2.81. The Bertz CT molecular complexity index is 100. The quantitative estimate of drug-likeness (QED) is 0.582. The van der Waals surface area contributed by atoms with E-state index in [1.54, 1.807) is 0 Å². The van der Waals surface area contributed by atoms with E-state index in [1.807, 2.05) is 0 Å². The lowest BCUT2D eigenvalue weighted by atomic mass is 9.96. The number of hydrogen-bond acceptors (Lipinski definition) is 2. The van der Waals surface area contributed by atoms with Crippen LogP contribution in [0.25, 0.3) is 0 Å². The van der Waals surface area contributed by atoms with Crippen molar-refractivity contribution in [3.63, 3.8) is 0 Å². The summed E-state index contributed by atoms with van der Waals surface area (Å²) >= 11 is 0. The fourth-order valence-corrected chi connectivity index (χ4v) is 1.88. The first-order valence-corrected chi connectivity index (χ1v) is 5.30. The molecule has 4 N–H and O–H groups in total. The molecule has 0 amide bonds. The Kier molecular flexibility index (Phi) is 4.62. The minimum absolute atomic E-state index is 0.411. The van der Waals surface area contributed by atoms with Crippen LogP contribution >= 0.6 is 0 Å². The second-order valence-corrected chi connectivity index (χ2v) is 4.09. The monoisotopic (exact) mass is 170 g/mol. The maximum Gasteiger partial charge on any atom is 0.00394 e. The van der Waals surface area contributed by atoms with Crippen molar-refractivity contribution in [3.8, 4) is 0 Å². The molecule has 0 heterocycles. The molecular weight excluding hydrogens is 148 g/mol. The van der Waals surface area contributed by atoms with Crippen molar-refractivity contribution in [2.75, 3.05) is 0 Å². The maximum atomic E-state index is 5.93. The third-order valence-electron chi connectivity index (χ3n) is 2.81. The van der Waals surface area contributed by atoms with Gasteiger partial charge < -0.3 is 11.5 Å². The van der Waals surface area contributed by atoms with E-state index in [1.165, 1.54) is 38.5 Å². The molecule has 0 saturated heterocycles. The minimum Gasteiger partial charge on any atom is -0.328 e. The molecule has 0 aromatic carbocycles. The zero-order chi connectivity index (χ0) is 8.81. The summed E-state index contributed by atoms with van der Waals surface area (Å²) in [6, 6.07) is 0.822. The van der Waals surface area contributed by atoms with E-state index < -0.39 is 0 Å². The van der Waals surface area contributed by atoms with Crippen molar-refractivity contribution in [2.24, 2.45) is 11.5 Å². The summed E-state index contributed by atoms with van der Waals surface area (Å²) in [7, 11) is 0. The average molecular weight is 170 g/mol. The van der Waals surface area contributed by atoms with Gasteiger partial charge in [0.15, 0.2) is 0 Å². The first-order chi connectivity index (χ1) is 5.79. The van der Waals surface area contributed by atoms with Gasteiger partial charge in [-0.2, -0.15) is 0 Å². The van der Waals surface area contributed by atoms with Gasteiger partial charge in [-0.25, -0.2) is 0 Å². The van der Waals surface area contributed by atoms with Crippen LogP contribution in [0.5, 0.6) is 0 Å². The molecule has 1 rings (SSSR count). The summed E-state index contributed by atoms with van der Waals surface area (Å²) in [5.74, 6) is 0. The van der Waals surface area contributed by atoms with Crippen LogP contribution in [-0.2, 0) is 0 Å². The normalized spacial score (nSPS) is 34.5. The molecule has 0 bridgehead atoms. The molecule has 0 aromatic heterocycles. The van der Waals surface area contributed by atoms with E-state index in [9.17, 15) is 0 Å². The summed E-state index contributed by atoms with van der Waals surface area (Å²) in [6.45, 7) is 0. The van der Waals surface area contributed by atoms with Crippen LogP contribution in [-0.4, -0.2) is 12.1 Å². The molecule has 1 saturated carbocycles. The molecule has 0 radical (unpaired) electrons. The Labute approximate surface area is 75.7 Å². The highest BCUT2D eigenvalue weighted by atomic mass is 14.7. The lowest BCUT2D eigenvalue weighted by Gasteiger charge is -2.17. The van der Waals surface area contributed by atoms with E-state index in [-0.39, 0.29) is 0 Å². The van der Waals surface area contributed by atoms with Crippen molar-refractivity contribution in [1.29, 1.82) is 0 Å². The minimum atomic E-state index is 0.411. The van der Waals surface area contributed by atoms with Gasteiger partial charge in [-0.15, -0.1) is 0 Å². The number of hydrogen-bond donors (Lipinski definition) is 2. The molecule has 12 heavy (non-hydrogen) atoms. The Morgan fingerprint density at radius 3 is 1.42 bits per heavy atom.